The normalized spacial score (nSPS) is 11.2. The van der Waals surface area contributed by atoms with Crippen LogP contribution >= 0.6 is 23.2 Å². The number of aryl methyl sites for hydroxylation is 1. The lowest BCUT2D eigenvalue weighted by molar-refractivity contribution is 0.629. The van der Waals surface area contributed by atoms with Crippen LogP contribution in [0, 0.1) is 12.7 Å². The van der Waals surface area contributed by atoms with Crippen molar-refractivity contribution in [3.63, 3.8) is 0 Å². The van der Waals surface area contributed by atoms with Gasteiger partial charge in [0.15, 0.2) is 0 Å². The molecule has 0 amide bonds. The second-order valence-electron chi connectivity index (χ2n) is 4.58. The topological polar surface area (TPSA) is 17.8 Å². The van der Waals surface area contributed by atoms with Crippen LogP contribution in [0.1, 0.15) is 11.4 Å². The molecule has 3 aromatic rings. The number of aromatic nitrogens is 2. The summed E-state index contributed by atoms with van der Waals surface area (Å²) in [4.78, 5) is 4.36. The molecular formula is C15H11Cl2FN2. The molecule has 2 aromatic carbocycles. The molecule has 2 nitrogen and oxygen atoms in total. The Morgan fingerprint density at radius 2 is 2.00 bits per heavy atom. The molecule has 0 saturated heterocycles. The van der Waals surface area contributed by atoms with Crippen molar-refractivity contribution in [2.75, 3.05) is 0 Å². The smallest absolute Gasteiger partial charge is 0.129 e. The van der Waals surface area contributed by atoms with Gasteiger partial charge in [0, 0.05) is 6.07 Å². The molecule has 0 radical (unpaired) electrons. The summed E-state index contributed by atoms with van der Waals surface area (Å²) in [5, 5.41) is 0.611. The first-order chi connectivity index (χ1) is 9.60. The quantitative estimate of drug-likeness (QED) is 0.618. The van der Waals surface area contributed by atoms with Gasteiger partial charge in [-0.25, -0.2) is 9.37 Å². The zero-order valence-electron chi connectivity index (χ0n) is 10.7. The number of benzene rings is 2. The van der Waals surface area contributed by atoms with Gasteiger partial charge in [0.25, 0.3) is 0 Å². The van der Waals surface area contributed by atoms with Gasteiger partial charge in [0.05, 0.1) is 27.6 Å². The van der Waals surface area contributed by atoms with Crippen LogP contribution in [0.3, 0.4) is 0 Å². The molecule has 0 aliphatic rings. The Morgan fingerprint density at radius 3 is 2.70 bits per heavy atom. The van der Waals surface area contributed by atoms with E-state index >= 15 is 0 Å². The number of alkyl halides is 1. The Labute approximate surface area is 125 Å². The maximum atomic E-state index is 13.3. The lowest BCUT2D eigenvalue weighted by Crippen LogP contribution is -2.00. The van der Waals surface area contributed by atoms with E-state index in [2.05, 4.69) is 4.98 Å². The van der Waals surface area contributed by atoms with E-state index in [0.29, 0.717) is 16.4 Å². The number of nitrogens with zero attached hydrogens (tertiary/aromatic N) is 2. The van der Waals surface area contributed by atoms with Gasteiger partial charge in [-0.15, -0.1) is 11.6 Å². The minimum Gasteiger partial charge on any atom is -0.294 e. The Kier molecular flexibility index (Phi) is 3.40. The second kappa shape index (κ2) is 5.08. The summed E-state index contributed by atoms with van der Waals surface area (Å²) in [6, 6.07) is 10.2. The summed E-state index contributed by atoms with van der Waals surface area (Å²) < 4.78 is 15.2. The van der Waals surface area contributed by atoms with Crippen LogP contribution in [0.4, 0.5) is 4.39 Å². The maximum Gasteiger partial charge on any atom is 0.129 e. The molecule has 102 valence electrons. The van der Waals surface area contributed by atoms with Crippen LogP contribution in [-0.2, 0) is 5.88 Å². The van der Waals surface area contributed by atoms with Crippen LogP contribution in [0.15, 0.2) is 36.4 Å². The summed E-state index contributed by atoms with van der Waals surface area (Å²) in [6.07, 6.45) is 0. The van der Waals surface area contributed by atoms with Crippen LogP contribution in [0.2, 0.25) is 5.02 Å². The van der Waals surface area contributed by atoms with Crippen LogP contribution in [-0.4, -0.2) is 9.55 Å². The maximum absolute atomic E-state index is 13.3. The number of imidazole rings is 1. The molecular weight excluding hydrogens is 298 g/mol. The predicted molar refractivity (Wildman–Crippen MR) is 80.3 cm³/mol. The molecule has 0 saturated carbocycles. The van der Waals surface area contributed by atoms with Crippen LogP contribution in [0.25, 0.3) is 16.7 Å². The average Bonchev–Trinajstić information content (AvgIpc) is 2.76. The average molecular weight is 309 g/mol. The summed E-state index contributed by atoms with van der Waals surface area (Å²) in [7, 11) is 0. The van der Waals surface area contributed by atoms with Crippen LogP contribution in [0.5, 0.6) is 0 Å². The molecule has 0 aliphatic carbocycles. The van der Waals surface area contributed by atoms with Gasteiger partial charge in [0.1, 0.15) is 11.6 Å². The highest BCUT2D eigenvalue weighted by Crippen LogP contribution is 2.28. The van der Waals surface area contributed by atoms with Crippen molar-refractivity contribution in [1.82, 2.24) is 9.55 Å². The summed E-state index contributed by atoms with van der Waals surface area (Å²) >= 11 is 12.3. The highest BCUT2D eigenvalue weighted by molar-refractivity contribution is 6.32. The fraction of sp³-hybridized carbons (Fsp3) is 0.133. The van der Waals surface area contributed by atoms with Crippen molar-refractivity contribution < 1.29 is 4.39 Å². The molecule has 0 N–H and O–H groups in total. The van der Waals surface area contributed by atoms with Gasteiger partial charge in [-0.2, -0.15) is 0 Å². The number of fused-ring (bicyclic) bond motifs is 1. The molecule has 0 fully saturated rings. The molecule has 20 heavy (non-hydrogen) atoms. The van der Waals surface area contributed by atoms with Crippen molar-refractivity contribution in [3.8, 4) is 5.69 Å². The van der Waals surface area contributed by atoms with Gasteiger partial charge < -0.3 is 0 Å². The van der Waals surface area contributed by atoms with Crippen molar-refractivity contribution in [3.05, 3.63) is 58.6 Å². The minimum absolute atomic E-state index is 0.223. The zero-order valence-corrected chi connectivity index (χ0v) is 12.2. The SMILES string of the molecule is Cc1ccc(-n2c(CCl)nc3cc(F)ccc32)c(Cl)c1. The highest BCUT2D eigenvalue weighted by Gasteiger charge is 2.14. The summed E-state index contributed by atoms with van der Waals surface area (Å²) in [6.45, 7) is 1.97. The van der Waals surface area contributed by atoms with Crippen molar-refractivity contribution in [2.24, 2.45) is 0 Å². The second-order valence-corrected chi connectivity index (χ2v) is 5.26. The van der Waals surface area contributed by atoms with E-state index in [-0.39, 0.29) is 11.7 Å². The summed E-state index contributed by atoms with van der Waals surface area (Å²) in [5.74, 6) is 0.539. The molecule has 1 heterocycles. The summed E-state index contributed by atoms with van der Waals surface area (Å²) in [5.41, 5.74) is 3.22. The van der Waals surface area contributed by atoms with E-state index in [1.165, 1.54) is 12.1 Å². The van der Waals surface area contributed by atoms with Gasteiger partial charge in [-0.1, -0.05) is 17.7 Å². The van der Waals surface area contributed by atoms with Gasteiger partial charge in [-0.05, 0) is 36.8 Å². The van der Waals surface area contributed by atoms with E-state index in [0.717, 1.165) is 16.8 Å². The first-order valence-corrected chi connectivity index (χ1v) is 7.01. The number of hydrogen-bond acceptors (Lipinski definition) is 1. The van der Waals surface area contributed by atoms with Crippen molar-refractivity contribution in [1.29, 1.82) is 0 Å². The fourth-order valence-electron chi connectivity index (χ4n) is 2.26. The minimum atomic E-state index is -0.321. The third-order valence-corrected chi connectivity index (χ3v) is 3.69. The Bertz CT molecular complexity index is 796. The third kappa shape index (κ3) is 2.17. The van der Waals surface area contributed by atoms with E-state index in [1.807, 2.05) is 29.7 Å². The molecule has 5 heteroatoms. The van der Waals surface area contributed by atoms with E-state index in [9.17, 15) is 4.39 Å². The molecule has 1 aromatic heterocycles. The molecule has 0 unspecified atom stereocenters. The Morgan fingerprint density at radius 1 is 1.20 bits per heavy atom. The molecule has 0 aliphatic heterocycles. The van der Waals surface area contributed by atoms with E-state index < -0.39 is 0 Å². The predicted octanol–water partition coefficient (Wildman–Crippen LogP) is 4.87. The largest absolute Gasteiger partial charge is 0.294 e. The molecule has 0 spiro atoms. The van der Waals surface area contributed by atoms with E-state index in [4.69, 9.17) is 23.2 Å². The van der Waals surface area contributed by atoms with Crippen molar-refractivity contribution >= 4 is 34.2 Å². The van der Waals surface area contributed by atoms with Crippen molar-refractivity contribution in [2.45, 2.75) is 12.8 Å². The van der Waals surface area contributed by atoms with Crippen LogP contribution < -0.4 is 0 Å². The Hall–Kier alpha value is -1.58. The number of halogens is 3. The molecule has 0 bridgehead atoms. The molecule has 0 atom stereocenters. The monoisotopic (exact) mass is 308 g/mol. The first kappa shape index (κ1) is 13.4. The fourth-order valence-corrected chi connectivity index (χ4v) is 2.75. The van der Waals surface area contributed by atoms with E-state index in [1.54, 1.807) is 6.07 Å². The lowest BCUT2D eigenvalue weighted by Gasteiger charge is -2.10. The first-order valence-electron chi connectivity index (χ1n) is 6.09. The lowest BCUT2D eigenvalue weighted by atomic mass is 10.2. The third-order valence-electron chi connectivity index (χ3n) is 3.15. The standard InChI is InChI=1S/C15H11Cl2FN2/c1-9-2-4-13(11(17)6-9)20-14-5-3-10(18)7-12(14)19-15(20)8-16/h2-7H,8H2,1H3. The number of hydrogen-bond donors (Lipinski definition) is 0. The molecule has 3 rings (SSSR count). The zero-order chi connectivity index (χ0) is 14.3. The van der Waals surface area contributed by atoms with Gasteiger partial charge in [0.2, 0.25) is 0 Å². The highest BCUT2D eigenvalue weighted by atomic mass is 35.5. The Balaban J connectivity index is 2.34. The van der Waals surface area contributed by atoms with Gasteiger partial charge in [-0.3, -0.25) is 4.57 Å². The van der Waals surface area contributed by atoms with Gasteiger partial charge >= 0.3 is 0 Å². The number of rotatable bonds is 2.